The van der Waals surface area contributed by atoms with Crippen molar-refractivity contribution in [2.45, 2.75) is 6.92 Å². The maximum Gasteiger partial charge on any atom is 0.258 e. The Morgan fingerprint density at radius 1 is 1.14 bits per heavy atom. The molecule has 2 rings (SSSR count). The number of hydrogen-bond donors (Lipinski definition) is 1. The van der Waals surface area contributed by atoms with Gasteiger partial charge in [0.05, 0.1) is 5.56 Å². The van der Waals surface area contributed by atoms with Crippen molar-refractivity contribution in [1.29, 1.82) is 0 Å². The lowest BCUT2D eigenvalue weighted by Crippen LogP contribution is -2.22. The van der Waals surface area contributed by atoms with Gasteiger partial charge in [-0.1, -0.05) is 15.9 Å². The molecule has 2 aromatic carbocycles. The lowest BCUT2D eigenvalue weighted by atomic mass is 10.2. The summed E-state index contributed by atoms with van der Waals surface area (Å²) in [6, 6.07) is 10.9. The number of hydrogen-bond acceptors (Lipinski definition) is 2. The number of amides is 2. The van der Waals surface area contributed by atoms with E-state index in [2.05, 4.69) is 21.2 Å². The molecule has 0 saturated carbocycles. The molecule has 0 bridgehead atoms. The molecule has 0 fully saturated rings. The van der Waals surface area contributed by atoms with Crippen LogP contribution in [0.25, 0.3) is 0 Å². The van der Waals surface area contributed by atoms with Crippen molar-refractivity contribution in [2.75, 3.05) is 17.3 Å². The van der Waals surface area contributed by atoms with Crippen LogP contribution in [0, 0.1) is 5.82 Å². The standard InChI is InChI=1S/C16H14BrFN2O2/c1-10(21)20(2)13-6-4-12(5-7-13)19-16(22)14-9-11(17)3-8-15(14)18/h3-9H,1-2H3,(H,19,22). The van der Waals surface area contributed by atoms with Crippen LogP contribution in [-0.4, -0.2) is 18.9 Å². The topological polar surface area (TPSA) is 49.4 Å². The number of rotatable bonds is 3. The van der Waals surface area contributed by atoms with E-state index in [4.69, 9.17) is 0 Å². The average molecular weight is 365 g/mol. The summed E-state index contributed by atoms with van der Waals surface area (Å²) in [7, 11) is 1.66. The van der Waals surface area contributed by atoms with E-state index in [-0.39, 0.29) is 11.5 Å². The van der Waals surface area contributed by atoms with Crippen molar-refractivity contribution in [1.82, 2.24) is 0 Å². The van der Waals surface area contributed by atoms with Gasteiger partial charge in [0, 0.05) is 29.8 Å². The van der Waals surface area contributed by atoms with Crippen LogP contribution in [0.1, 0.15) is 17.3 Å². The molecule has 0 aliphatic carbocycles. The molecule has 0 heterocycles. The normalized spacial score (nSPS) is 10.2. The fourth-order valence-electron chi connectivity index (χ4n) is 1.82. The molecule has 2 amide bonds. The Labute approximate surface area is 136 Å². The summed E-state index contributed by atoms with van der Waals surface area (Å²) in [5.41, 5.74) is 1.18. The van der Waals surface area contributed by atoms with Gasteiger partial charge in [0.1, 0.15) is 5.82 Å². The summed E-state index contributed by atoms with van der Waals surface area (Å²) >= 11 is 3.20. The van der Waals surface area contributed by atoms with Gasteiger partial charge in [0.25, 0.3) is 5.91 Å². The van der Waals surface area contributed by atoms with Gasteiger partial charge in [-0.05, 0) is 42.5 Å². The van der Waals surface area contributed by atoms with Crippen LogP contribution in [0.2, 0.25) is 0 Å². The second-order valence-corrected chi connectivity index (χ2v) is 5.62. The van der Waals surface area contributed by atoms with Gasteiger partial charge < -0.3 is 10.2 Å². The van der Waals surface area contributed by atoms with Gasteiger partial charge in [0.2, 0.25) is 5.91 Å². The van der Waals surface area contributed by atoms with Gasteiger partial charge in [-0.15, -0.1) is 0 Å². The van der Waals surface area contributed by atoms with Crippen LogP contribution in [-0.2, 0) is 4.79 Å². The second kappa shape index (κ2) is 6.70. The molecule has 0 aromatic heterocycles. The zero-order valence-electron chi connectivity index (χ0n) is 12.1. The van der Waals surface area contributed by atoms with E-state index >= 15 is 0 Å². The summed E-state index contributed by atoms with van der Waals surface area (Å²) in [5.74, 6) is -1.21. The van der Waals surface area contributed by atoms with Crippen molar-refractivity contribution in [3.63, 3.8) is 0 Å². The maximum atomic E-state index is 13.7. The number of carbonyl (C=O) groups excluding carboxylic acids is 2. The highest BCUT2D eigenvalue weighted by atomic mass is 79.9. The monoisotopic (exact) mass is 364 g/mol. The lowest BCUT2D eigenvalue weighted by Gasteiger charge is -2.15. The molecule has 1 N–H and O–H groups in total. The first kappa shape index (κ1) is 16.2. The van der Waals surface area contributed by atoms with E-state index in [0.717, 1.165) is 0 Å². The van der Waals surface area contributed by atoms with Gasteiger partial charge in [-0.2, -0.15) is 0 Å². The Kier molecular flexibility index (Phi) is 4.92. The van der Waals surface area contributed by atoms with Gasteiger partial charge >= 0.3 is 0 Å². The Morgan fingerprint density at radius 3 is 2.36 bits per heavy atom. The summed E-state index contributed by atoms with van der Waals surface area (Å²) in [4.78, 5) is 24.8. The van der Waals surface area contributed by atoms with Crippen LogP contribution in [0.15, 0.2) is 46.9 Å². The minimum Gasteiger partial charge on any atom is -0.322 e. The summed E-state index contributed by atoms with van der Waals surface area (Å²) < 4.78 is 14.3. The summed E-state index contributed by atoms with van der Waals surface area (Å²) in [5, 5.41) is 2.62. The van der Waals surface area contributed by atoms with Crippen LogP contribution in [0.3, 0.4) is 0 Å². The molecular weight excluding hydrogens is 351 g/mol. The first-order chi connectivity index (χ1) is 10.4. The zero-order valence-corrected chi connectivity index (χ0v) is 13.6. The van der Waals surface area contributed by atoms with Crippen molar-refractivity contribution in [2.24, 2.45) is 0 Å². The fourth-order valence-corrected chi connectivity index (χ4v) is 2.18. The summed E-state index contributed by atoms with van der Waals surface area (Å²) in [6.07, 6.45) is 0. The number of nitrogens with zero attached hydrogens (tertiary/aromatic N) is 1. The minimum absolute atomic E-state index is 0.0423. The van der Waals surface area contributed by atoms with Crippen LogP contribution in [0.4, 0.5) is 15.8 Å². The number of anilines is 2. The van der Waals surface area contributed by atoms with E-state index in [9.17, 15) is 14.0 Å². The molecule has 0 unspecified atom stereocenters. The van der Waals surface area contributed by atoms with Crippen LogP contribution in [0.5, 0.6) is 0 Å². The molecule has 6 heteroatoms. The number of carbonyl (C=O) groups is 2. The molecule has 2 aromatic rings. The maximum absolute atomic E-state index is 13.7. The van der Waals surface area contributed by atoms with Crippen molar-refractivity contribution < 1.29 is 14.0 Å². The van der Waals surface area contributed by atoms with E-state index in [1.165, 1.54) is 30.0 Å². The predicted molar refractivity (Wildman–Crippen MR) is 87.6 cm³/mol. The Hall–Kier alpha value is -2.21. The van der Waals surface area contributed by atoms with Crippen molar-refractivity contribution >= 4 is 39.1 Å². The van der Waals surface area contributed by atoms with Crippen molar-refractivity contribution in [3.05, 3.63) is 58.3 Å². The highest BCUT2D eigenvalue weighted by molar-refractivity contribution is 9.10. The second-order valence-electron chi connectivity index (χ2n) is 4.70. The Morgan fingerprint density at radius 2 is 1.77 bits per heavy atom. The van der Waals surface area contributed by atoms with E-state index in [0.29, 0.717) is 15.8 Å². The third-order valence-corrected chi connectivity index (χ3v) is 3.65. The molecule has 114 valence electrons. The molecule has 0 spiro atoms. The van der Waals surface area contributed by atoms with E-state index in [1.807, 2.05) is 0 Å². The average Bonchev–Trinajstić information content (AvgIpc) is 2.49. The largest absolute Gasteiger partial charge is 0.322 e. The minimum atomic E-state index is -0.589. The molecule has 0 aliphatic heterocycles. The molecule has 0 atom stereocenters. The molecule has 0 radical (unpaired) electrons. The Bertz CT molecular complexity index is 717. The highest BCUT2D eigenvalue weighted by Gasteiger charge is 2.13. The molecule has 0 aliphatic rings. The molecule has 0 saturated heterocycles. The first-order valence-electron chi connectivity index (χ1n) is 6.49. The smallest absolute Gasteiger partial charge is 0.258 e. The molecule has 22 heavy (non-hydrogen) atoms. The molecule has 4 nitrogen and oxygen atoms in total. The molecular formula is C16H14BrFN2O2. The summed E-state index contributed by atoms with van der Waals surface area (Å²) in [6.45, 7) is 1.46. The van der Waals surface area contributed by atoms with Gasteiger partial charge in [0.15, 0.2) is 0 Å². The fraction of sp³-hybridized carbons (Fsp3) is 0.125. The quantitative estimate of drug-likeness (QED) is 0.899. The first-order valence-corrected chi connectivity index (χ1v) is 7.28. The Balaban J connectivity index is 2.15. The van der Waals surface area contributed by atoms with Crippen LogP contribution >= 0.6 is 15.9 Å². The van der Waals surface area contributed by atoms with Gasteiger partial charge in [-0.3, -0.25) is 9.59 Å². The SMILES string of the molecule is CC(=O)N(C)c1ccc(NC(=O)c2cc(Br)ccc2F)cc1. The zero-order chi connectivity index (χ0) is 16.3. The number of nitrogens with one attached hydrogen (secondary N) is 1. The highest BCUT2D eigenvalue weighted by Crippen LogP contribution is 2.20. The van der Waals surface area contributed by atoms with E-state index < -0.39 is 11.7 Å². The third-order valence-electron chi connectivity index (χ3n) is 3.16. The number of benzene rings is 2. The third kappa shape index (κ3) is 3.71. The van der Waals surface area contributed by atoms with E-state index in [1.54, 1.807) is 31.3 Å². The number of halogens is 2. The predicted octanol–water partition coefficient (Wildman–Crippen LogP) is 3.82. The lowest BCUT2D eigenvalue weighted by molar-refractivity contribution is -0.116. The van der Waals surface area contributed by atoms with Gasteiger partial charge in [-0.25, -0.2) is 4.39 Å². The van der Waals surface area contributed by atoms with Crippen LogP contribution < -0.4 is 10.2 Å². The van der Waals surface area contributed by atoms with Crippen molar-refractivity contribution in [3.8, 4) is 0 Å².